The molecule has 0 bridgehead atoms. The predicted molar refractivity (Wildman–Crippen MR) is 122 cm³/mol. The first-order chi connectivity index (χ1) is 14.5. The Kier molecular flexibility index (Phi) is 5.72. The van der Waals surface area contributed by atoms with Crippen molar-refractivity contribution in [2.45, 2.75) is 38.5 Å². The van der Waals surface area contributed by atoms with Gasteiger partial charge in [0.25, 0.3) is 5.91 Å². The van der Waals surface area contributed by atoms with Crippen molar-refractivity contribution in [3.05, 3.63) is 60.2 Å². The van der Waals surface area contributed by atoms with Crippen LogP contribution in [0.3, 0.4) is 0 Å². The minimum atomic E-state index is -0.439. The second kappa shape index (κ2) is 8.44. The number of anilines is 1. The van der Waals surface area contributed by atoms with Gasteiger partial charge >= 0.3 is 0 Å². The Morgan fingerprint density at radius 2 is 1.83 bits per heavy atom. The summed E-state index contributed by atoms with van der Waals surface area (Å²) in [5, 5.41) is 2.97. The summed E-state index contributed by atoms with van der Waals surface area (Å²) in [5.74, 6) is 0.550. The number of aliphatic imine (C=N–C) groups is 2. The number of amidine groups is 2. The second-order valence-electron chi connectivity index (χ2n) is 7.48. The van der Waals surface area contributed by atoms with Gasteiger partial charge in [0.2, 0.25) is 5.91 Å². The molecule has 2 aromatic carbocycles. The number of thioether (sulfide) groups is 1. The van der Waals surface area contributed by atoms with Crippen LogP contribution in [-0.4, -0.2) is 39.0 Å². The summed E-state index contributed by atoms with van der Waals surface area (Å²) in [4.78, 5) is 37.0. The quantitative estimate of drug-likeness (QED) is 0.776. The number of fused-ring (bicyclic) bond motifs is 3. The van der Waals surface area contributed by atoms with Crippen LogP contribution in [-0.2, 0) is 9.59 Å². The third kappa shape index (κ3) is 3.77. The number of amides is 2. The molecule has 7 heteroatoms. The third-order valence-corrected chi connectivity index (χ3v) is 6.43. The molecule has 0 aromatic heterocycles. The fraction of sp³-hybridized carbons (Fsp3) is 0.304. The zero-order valence-electron chi connectivity index (χ0n) is 17.2. The summed E-state index contributed by atoms with van der Waals surface area (Å²) in [6.45, 7) is 5.91. The van der Waals surface area contributed by atoms with Crippen LogP contribution < -0.4 is 5.32 Å². The molecule has 2 aliphatic heterocycles. The zero-order chi connectivity index (χ0) is 21.3. The first-order valence-electron chi connectivity index (χ1n) is 10.1. The molecule has 0 saturated carbocycles. The van der Waals surface area contributed by atoms with Crippen LogP contribution in [0.4, 0.5) is 11.4 Å². The number of para-hydroxylation sites is 2. The zero-order valence-corrected chi connectivity index (χ0v) is 18.0. The molecule has 0 saturated heterocycles. The molecular weight excluding hydrogens is 396 g/mol. The van der Waals surface area contributed by atoms with E-state index in [4.69, 9.17) is 9.98 Å². The normalized spacial score (nSPS) is 19.4. The van der Waals surface area contributed by atoms with Gasteiger partial charge < -0.3 is 5.32 Å². The van der Waals surface area contributed by atoms with E-state index >= 15 is 0 Å². The maximum Gasteiger partial charge on any atom is 0.259 e. The molecule has 0 spiro atoms. The Bertz CT molecular complexity index is 1030. The van der Waals surface area contributed by atoms with E-state index in [1.807, 2.05) is 68.4 Å². The van der Waals surface area contributed by atoms with Gasteiger partial charge in [-0.3, -0.25) is 14.6 Å². The molecule has 0 unspecified atom stereocenters. The van der Waals surface area contributed by atoms with E-state index < -0.39 is 11.3 Å². The third-order valence-electron chi connectivity index (χ3n) is 5.37. The van der Waals surface area contributed by atoms with Crippen LogP contribution in [0.5, 0.6) is 0 Å². The van der Waals surface area contributed by atoms with Crippen molar-refractivity contribution >= 4 is 46.0 Å². The van der Waals surface area contributed by atoms with Crippen molar-refractivity contribution in [2.75, 3.05) is 5.32 Å². The average molecular weight is 421 g/mol. The Morgan fingerprint density at radius 3 is 2.57 bits per heavy atom. The number of carbonyl (C=O) groups is 2. The number of nitrogens with zero attached hydrogens (tertiary/aromatic N) is 3. The van der Waals surface area contributed by atoms with Crippen molar-refractivity contribution in [3.63, 3.8) is 0 Å². The molecule has 154 valence electrons. The average Bonchev–Trinajstić information content (AvgIpc) is 3.11. The molecule has 2 aliphatic rings. The van der Waals surface area contributed by atoms with Crippen molar-refractivity contribution in [3.8, 4) is 0 Å². The molecule has 2 heterocycles. The largest absolute Gasteiger partial charge is 0.325 e. The number of rotatable bonds is 5. The Morgan fingerprint density at radius 1 is 1.13 bits per heavy atom. The number of hydrogen-bond acceptors (Lipinski definition) is 5. The van der Waals surface area contributed by atoms with E-state index in [1.54, 1.807) is 4.90 Å². The van der Waals surface area contributed by atoms with Gasteiger partial charge in [0.1, 0.15) is 11.9 Å². The van der Waals surface area contributed by atoms with Gasteiger partial charge in [-0.05, 0) is 37.1 Å². The van der Waals surface area contributed by atoms with Crippen LogP contribution in [0.25, 0.3) is 0 Å². The van der Waals surface area contributed by atoms with Crippen LogP contribution >= 0.6 is 11.8 Å². The highest BCUT2D eigenvalue weighted by atomic mass is 32.2. The summed E-state index contributed by atoms with van der Waals surface area (Å²) >= 11 is 1.28. The van der Waals surface area contributed by atoms with Crippen molar-refractivity contribution in [2.24, 2.45) is 15.9 Å². The van der Waals surface area contributed by atoms with E-state index in [2.05, 4.69) is 12.2 Å². The number of carbonyl (C=O) groups excluding carboxylic acids is 2. The lowest BCUT2D eigenvalue weighted by Crippen LogP contribution is -2.43. The smallest absolute Gasteiger partial charge is 0.259 e. The Labute approximate surface area is 180 Å². The molecule has 0 aliphatic carbocycles. The minimum absolute atomic E-state index is 0.0734. The maximum absolute atomic E-state index is 13.2. The monoisotopic (exact) mass is 420 g/mol. The lowest BCUT2D eigenvalue weighted by Gasteiger charge is -2.27. The van der Waals surface area contributed by atoms with Gasteiger partial charge in [0.05, 0.1) is 10.9 Å². The van der Waals surface area contributed by atoms with Gasteiger partial charge in [0.15, 0.2) is 5.17 Å². The molecular formula is C23H24N4O2S. The lowest BCUT2D eigenvalue weighted by molar-refractivity contribution is -0.125. The Hall–Kier alpha value is -2.93. The molecule has 0 radical (unpaired) electrons. The fourth-order valence-electron chi connectivity index (χ4n) is 3.42. The molecule has 0 fully saturated rings. The highest BCUT2D eigenvalue weighted by Gasteiger charge is 2.43. The van der Waals surface area contributed by atoms with E-state index in [0.717, 1.165) is 23.4 Å². The van der Waals surface area contributed by atoms with Gasteiger partial charge in [0, 0.05) is 11.3 Å². The van der Waals surface area contributed by atoms with Crippen molar-refractivity contribution < 1.29 is 9.59 Å². The molecule has 1 N–H and O–H groups in total. The van der Waals surface area contributed by atoms with Crippen LogP contribution in [0, 0.1) is 5.92 Å². The van der Waals surface area contributed by atoms with Gasteiger partial charge in [-0.1, -0.05) is 62.4 Å². The number of hydrogen-bond donors (Lipinski definition) is 1. The molecule has 6 nitrogen and oxygen atoms in total. The topological polar surface area (TPSA) is 74.1 Å². The second-order valence-corrected chi connectivity index (χ2v) is 8.79. The lowest BCUT2D eigenvalue weighted by atomic mass is 10.00. The molecule has 4 rings (SSSR count). The van der Waals surface area contributed by atoms with E-state index in [-0.39, 0.29) is 17.7 Å². The fourth-order valence-corrected chi connectivity index (χ4v) is 4.33. The first-order valence-corrected chi connectivity index (χ1v) is 11.0. The summed E-state index contributed by atoms with van der Waals surface area (Å²) < 4.78 is 0. The summed E-state index contributed by atoms with van der Waals surface area (Å²) in [5.41, 5.74) is 2.35. The van der Waals surface area contributed by atoms with Crippen LogP contribution in [0.2, 0.25) is 0 Å². The van der Waals surface area contributed by atoms with Crippen molar-refractivity contribution in [1.82, 2.24) is 4.90 Å². The minimum Gasteiger partial charge on any atom is -0.325 e. The number of benzene rings is 2. The maximum atomic E-state index is 13.2. The van der Waals surface area contributed by atoms with E-state index in [0.29, 0.717) is 11.0 Å². The van der Waals surface area contributed by atoms with Crippen LogP contribution in [0.1, 0.15) is 32.8 Å². The highest BCUT2D eigenvalue weighted by Crippen LogP contribution is 2.36. The Balaban J connectivity index is 1.61. The molecule has 2 amide bonds. The SMILES string of the molecule is CC[C@H](C)[C@@H]1N=C2c3ccccc3N=C(S[C@@H](C)C(=O)Nc3ccccc3)N2C1=O. The first kappa shape index (κ1) is 20.3. The van der Waals surface area contributed by atoms with E-state index in [9.17, 15) is 9.59 Å². The van der Waals surface area contributed by atoms with Crippen LogP contribution in [0.15, 0.2) is 64.6 Å². The van der Waals surface area contributed by atoms with Crippen molar-refractivity contribution in [1.29, 1.82) is 0 Å². The highest BCUT2D eigenvalue weighted by molar-refractivity contribution is 8.15. The summed E-state index contributed by atoms with van der Waals surface area (Å²) in [7, 11) is 0. The van der Waals surface area contributed by atoms with Gasteiger partial charge in [-0.2, -0.15) is 0 Å². The van der Waals surface area contributed by atoms with Gasteiger partial charge in [-0.15, -0.1) is 0 Å². The summed E-state index contributed by atoms with van der Waals surface area (Å²) in [6.07, 6.45) is 0.859. The van der Waals surface area contributed by atoms with Gasteiger partial charge in [-0.25, -0.2) is 9.89 Å². The molecule has 3 atom stereocenters. The molecule has 30 heavy (non-hydrogen) atoms. The predicted octanol–water partition coefficient (Wildman–Crippen LogP) is 4.45. The summed E-state index contributed by atoms with van der Waals surface area (Å²) in [6, 6.07) is 16.6. The standard InChI is InChI=1S/C23H24N4O2S/c1-4-14(2)19-22(29)27-20(26-19)17-12-8-9-13-18(17)25-23(27)30-15(3)21(28)24-16-10-6-5-7-11-16/h5-15,19H,4H2,1-3H3,(H,24,28)/t14-,15-,19-/m0/s1. The molecule has 2 aromatic rings. The number of nitrogens with one attached hydrogen (secondary N) is 1. The van der Waals surface area contributed by atoms with E-state index in [1.165, 1.54) is 11.8 Å².